The van der Waals surface area contributed by atoms with E-state index in [1.165, 1.54) is 4.88 Å². The molecule has 9 nitrogen and oxygen atoms in total. The van der Waals surface area contributed by atoms with E-state index in [1.807, 2.05) is 20.9 Å². The quantitative estimate of drug-likeness (QED) is 0.339. The molecule has 3 aromatic heterocycles. The van der Waals surface area contributed by atoms with Crippen molar-refractivity contribution in [1.82, 2.24) is 35.4 Å². The molecule has 0 amide bonds. The van der Waals surface area contributed by atoms with Crippen LogP contribution in [0.1, 0.15) is 15.6 Å². The maximum Gasteiger partial charge on any atom is 0.191 e. The van der Waals surface area contributed by atoms with Crippen molar-refractivity contribution in [3.63, 3.8) is 0 Å². The van der Waals surface area contributed by atoms with E-state index in [0.717, 1.165) is 33.5 Å². The fourth-order valence-electron chi connectivity index (χ4n) is 2.59. The molecule has 0 saturated carbocycles. The standard InChI is InChI=1S/C16H23N9S/c1-10-13(26-11(2)24-10)8-20-16(17-3)19-6-5-18-14-12-7-23-25(4)15(12)22-9-21-14/h7,9H,5-6,8H2,1-4H3,(H2,17,19,20)(H,18,21,22). The van der Waals surface area contributed by atoms with Crippen molar-refractivity contribution in [3.8, 4) is 0 Å². The first-order valence-corrected chi connectivity index (χ1v) is 9.14. The first-order valence-electron chi connectivity index (χ1n) is 8.32. The van der Waals surface area contributed by atoms with Gasteiger partial charge in [-0.05, 0) is 13.8 Å². The predicted molar refractivity (Wildman–Crippen MR) is 105 cm³/mol. The van der Waals surface area contributed by atoms with Crippen molar-refractivity contribution in [2.45, 2.75) is 20.4 Å². The van der Waals surface area contributed by atoms with Gasteiger partial charge in [0.05, 0.1) is 28.8 Å². The summed E-state index contributed by atoms with van der Waals surface area (Å²) in [4.78, 5) is 18.4. The van der Waals surface area contributed by atoms with Crippen molar-refractivity contribution in [1.29, 1.82) is 0 Å². The molecule has 3 N–H and O–H groups in total. The molecule has 0 atom stereocenters. The Morgan fingerprint density at radius 1 is 1.23 bits per heavy atom. The van der Waals surface area contributed by atoms with Crippen LogP contribution in [0.2, 0.25) is 0 Å². The zero-order valence-corrected chi connectivity index (χ0v) is 16.2. The van der Waals surface area contributed by atoms with Gasteiger partial charge in [-0.15, -0.1) is 11.3 Å². The lowest BCUT2D eigenvalue weighted by molar-refractivity contribution is 0.785. The molecule has 3 aromatic rings. The van der Waals surface area contributed by atoms with Crippen LogP contribution < -0.4 is 16.0 Å². The number of aromatic nitrogens is 5. The van der Waals surface area contributed by atoms with Crippen LogP contribution in [0.15, 0.2) is 17.5 Å². The molecule has 0 unspecified atom stereocenters. The zero-order chi connectivity index (χ0) is 18.5. The van der Waals surface area contributed by atoms with Gasteiger partial charge in [0, 0.05) is 32.1 Å². The Morgan fingerprint density at radius 3 is 2.81 bits per heavy atom. The van der Waals surface area contributed by atoms with Crippen LogP contribution in [0.5, 0.6) is 0 Å². The highest BCUT2D eigenvalue weighted by atomic mass is 32.1. The third-order valence-corrected chi connectivity index (χ3v) is 4.95. The van der Waals surface area contributed by atoms with Gasteiger partial charge in [-0.3, -0.25) is 9.67 Å². The SMILES string of the molecule is CN=C(NCCNc1ncnc2c1cnn2C)NCc1sc(C)nc1C. The largest absolute Gasteiger partial charge is 0.368 e. The molecule has 0 bridgehead atoms. The summed E-state index contributed by atoms with van der Waals surface area (Å²) in [6, 6.07) is 0. The summed E-state index contributed by atoms with van der Waals surface area (Å²) >= 11 is 1.70. The minimum absolute atomic E-state index is 0.695. The Kier molecular flexibility index (Phi) is 5.61. The van der Waals surface area contributed by atoms with Crippen LogP contribution in [-0.4, -0.2) is 50.8 Å². The molecular formula is C16H23N9S. The average molecular weight is 373 g/mol. The van der Waals surface area contributed by atoms with E-state index in [1.54, 1.807) is 35.6 Å². The number of anilines is 1. The summed E-state index contributed by atoms with van der Waals surface area (Å²) in [5.41, 5.74) is 1.88. The van der Waals surface area contributed by atoms with E-state index in [4.69, 9.17) is 0 Å². The highest BCUT2D eigenvalue weighted by Gasteiger charge is 2.08. The summed E-state index contributed by atoms with van der Waals surface area (Å²) < 4.78 is 1.73. The number of nitrogens with one attached hydrogen (secondary N) is 3. The topological polar surface area (TPSA) is 105 Å². The van der Waals surface area contributed by atoms with Gasteiger partial charge in [0.15, 0.2) is 11.6 Å². The Hall–Kier alpha value is -2.75. The van der Waals surface area contributed by atoms with E-state index < -0.39 is 0 Å². The van der Waals surface area contributed by atoms with Gasteiger partial charge in [-0.1, -0.05) is 0 Å². The number of guanidine groups is 1. The van der Waals surface area contributed by atoms with Crippen LogP contribution in [0.4, 0.5) is 5.82 Å². The highest BCUT2D eigenvalue weighted by molar-refractivity contribution is 7.11. The summed E-state index contributed by atoms with van der Waals surface area (Å²) in [7, 11) is 3.62. The molecule has 3 rings (SSSR count). The lowest BCUT2D eigenvalue weighted by Gasteiger charge is -2.12. The fraction of sp³-hybridized carbons (Fsp3) is 0.438. The molecule has 0 aliphatic rings. The maximum absolute atomic E-state index is 4.44. The number of rotatable bonds is 6. The highest BCUT2D eigenvalue weighted by Crippen LogP contribution is 2.17. The summed E-state index contributed by atoms with van der Waals surface area (Å²) in [6.07, 6.45) is 3.31. The molecule has 0 fully saturated rings. The number of aryl methyl sites for hydroxylation is 3. The molecule has 10 heteroatoms. The van der Waals surface area contributed by atoms with Gasteiger partial charge in [0.2, 0.25) is 0 Å². The molecular weight excluding hydrogens is 350 g/mol. The van der Waals surface area contributed by atoms with E-state index in [9.17, 15) is 0 Å². The van der Waals surface area contributed by atoms with Gasteiger partial charge < -0.3 is 16.0 Å². The molecule has 3 heterocycles. The minimum Gasteiger partial charge on any atom is -0.368 e. The predicted octanol–water partition coefficient (Wildman–Crippen LogP) is 1.21. The first-order chi connectivity index (χ1) is 12.6. The van der Waals surface area contributed by atoms with Gasteiger partial charge in [-0.25, -0.2) is 15.0 Å². The Balaban J connectivity index is 1.48. The minimum atomic E-state index is 0.695. The van der Waals surface area contributed by atoms with E-state index in [0.29, 0.717) is 19.6 Å². The second-order valence-corrected chi connectivity index (χ2v) is 7.04. The number of hydrogen-bond donors (Lipinski definition) is 3. The molecule has 0 aliphatic carbocycles. The monoisotopic (exact) mass is 373 g/mol. The van der Waals surface area contributed by atoms with Crippen molar-refractivity contribution >= 4 is 34.1 Å². The second kappa shape index (κ2) is 8.09. The number of thiazole rings is 1. The Labute approximate surface area is 156 Å². The first kappa shape index (κ1) is 18.1. The Bertz CT molecular complexity index is 912. The van der Waals surface area contributed by atoms with Crippen molar-refractivity contribution in [2.75, 3.05) is 25.5 Å². The van der Waals surface area contributed by atoms with Gasteiger partial charge >= 0.3 is 0 Å². The van der Waals surface area contributed by atoms with Gasteiger partial charge in [-0.2, -0.15) is 5.10 Å². The van der Waals surface area contributed by atoms with Crippen LogP contribution >= 0.6 is 11.3 Å². The molecule has 0 aliphatic heterocycles. The van der Waals surface area contributed by atoms with Crippen LogP contribution in [0.3, 0.4) is 0 Å². The summed E-state index contributed by atoms with van der Waals surface area (Å²) in [6.45, 7) is 6.16. The lowest BCUT2D eigenvalue weighted by Crippen LogP contribution is -2.39. The van der Waals surface area contributed by atoms with E-state index in [-0.39, 0.29) is 0 Å². The van der Waals surface area contributed by atoms with Gasteiger partial charge in [0.1, 0.15) is 12.1 Å². The molecule has 0 spiro atoms. The molecule has 0 radical (unpaired) electrons. The van der Waals surface area contributed by atoms with Crippen molar-refractivity contribution in [2.24, 2.45) is 12.0 Å². The maximum atomic E-state index is 4.44. The molecule has 26 heavy (non-hydrogen) atoms. The summed E-state index contributed by atoms with van der Waals surface area (Å²) in [5, 5.41) is 16.1. The third kappa shape index (κ3) is 4.07. The average Bonchev–Trinajstić information content (AvgIpc) is 3.16. The van der Waals surface area contributed by atoms with E-state index in [2.05, 4.69) is 41.0 Å². The molecule has 0 aromatic carbocycles. The van der Waals surface area contributed by atoms with Crippen LogP contribution in [0.25, 0.3) is 11.0 Å². The zero-order valence-electron chi connectivity index (χ0n) is 15.4. The molecule has 138 valence electrons. The second-order valence-electron chi connectivity index (χ2n) is 5.75. The van der Waals surface area contributed by atoms with Gasteiger partial charge in [0.25, 0.3) is 0 Å². The van der Waals surface area contributed by atoms with Crippen molar-refractivity contribution in [3.05, 3.63) is 28.1 Å². The lowest BCUT2D eigenvalue weighted by atomic mass is 10.4. The van der Waals surface area contributed by atoms with Crippen molar-refractivity contribution < 1.29 is 0 Å². The smallest absolute Gasteiger partial charge is 0.191 e. The third-order valence-electron chi connectivity index (χ3n) is 3.88. The Morgan fingerprint density at radius 2 is 2.08 bits per heavy atom. The van der Waals surface area contributed by atoms with Crippen LogP contribution in [-0.2, 0) is 13.6 Å². The normalized spacial score (nSPS) is 11.8. The fourth-order valence-corrected chi connectivity index (χ4v) is 3.46. The number of hydrogen-bond acceptors (Lipinski definition) is 7. The number of fused-ring (bicyclic) bond motifs is 1. The molecule has 0 saturated heterocycles. The number of aliphatic imine (C=N–C) groups is 1. The summed E-state index contributed by atoms with van der Waals surface area (Å²) in [5.74, 6) is 1.54. The van der Waals surface area contributed by atoms with E-state index >= 15 is 0 Å². The van der Waals surface area contributed by atoms with Crippen LogP contribution in [0, 0.1) is 13.8 Å². The number of nitrogens with zero attached hydrogens (tertiary/aromatic N) is 6.